The van der Waals surface area contributed by atoms with E-state index in [0.29, 0.717) is 6.20 Å². The lowest BCUT2D eigenvalue weighted by molar-refractivity contribution is -0.138. The second kappa shape index (κ2) is 5.28. The number of nitrogens with zero attached hydrogens (tertiary/aromatic N) is 1. The Morgan fingerprint density at radius 3 is 2.45 bits per heavy atom. The molecule has 1 aromatic carbocycles. The molecule has 0 radical (unpaired) electrons. The largest absolute Gasteiger partial charge is 0.418 e. The fourth-order valence-corrected chi connectivity index (χ4v) is 2.16. The van der Waals surface area contributed by atoms with Crippen molar-refractivity contribution < 1.29 is 22.4 Å². The highest BCUT2D eigenvalue weighted by molar-refractivity contribution is 5.95. The van der Waals surface area contributed by atoms with E-state index in [9.17, 15) is 22.4 Å². The highest BCUT2D eigenvalue weighted by Gasteiger charge is 2.34. The summed E-state index contributed by atoms with van der Waals surface area (Å²) in [5, 5.41) is 0. The normalized spacial score (nSPS) is 11.5. The van der Waals surface area contributed by atoms with Gasteiger partial charge in [0.25, 0.3) is 5.91 Å². The van der Waals surface area contributed by atoms with Crippen molar-refractivity contribution in [3.63, 3.8) is 0 Å². The van der Waals surface area contributed by atoms with Gasteiger partial charge in [0.2, 0.25) is 0 Å². The quantitative estimate of drug-likeness (QED) is 0.836. The third-order valence-electron chi connectivity index (χ3n) is 3.21. The van der Waals surface area contributed by atoms with E-state index in [1.807, 2.05) is 0 Å². The van der Waals surface area contributed by atoms with Gasteiger partial charge < -0.3 is 11.5 Å². The number of hydrogen-bond donors (Lipinski definition) is 2. The van der Waals surface area contributed by atoms with Gasteiger partial charge in [-0.2, -0.15) is 13.2 Å². The predicted molar refractivity (Wildman–Crippen MR) is 72.3 cm³/mol. The molecule has 0 aliphatic heterocycles. The maximum Gasteiger partial charge on any atom is 0.418 e. The Morgan fingerprint density at radius 2 is 1.91 bits per heavy atom. The Hall–Kier alpha value is -2.64. The molecule has 0 saturated carbocycles. The Balaban J connectivity index is 2.79. The Kier molecular flexibility index (Phi) is 3.78. The van der Waals surface area contributed by atoms with E-state index in [0.717, 1.165) is 13.0 Å². The van der Waals surface area contributed by atoms with Gasteiger partial charge >= 0.3 is 6.18 Å². The third-order valence-corrected chi connectivity index (χ3v) is 3.21. The van der Waals surface area contributed by atoms with E-state index in [1.54, 1.807) is 0 Å². The molecule has 0 aliphatic rings. The SMILES string of the molecule is Cc1c(C(F)(F)F)cnc(N)c1-c1cccc(C(N)=O)c1F. The fourth-order valence-electron chi connectivity index (χ4n) is 2.16. The van der Waals surface area contributed by atoms with Crippen molar-refractivity contribution in [2.75, 3.05) is 5.73 Å². The van der Waals surface area contributed by atoms with Crippen LogP contribution in [-0.4, -0.2) is 10.9 Å². The number of pyridine rings is 1. The number of amides is 1. The van der Waals surface area contributed by atoms with Gasteiger partial charge in [-0.15, -0.1) is 0 Å². The van der Waals surface area contributed by atoms with Crippen molar-refractivity contribution in [1.29, 1.82) is 0 Å². The molecule has 1 amide bonds. The van der Waals surface area contributed by atoms with Crippen molar-refractivity contribution >= 4 is 11.7 Å². The van der Waals surface area contributed by atoms with Gasteiger partial charge in [0.05, 0.1) is 11.1 Å². The summed E-state index contributed by atoms with van der Waals surface area (Å²) in [4.78, 5) is 14.6. The minimum Gasteiger partial charge on any atom is -0.383 e. The highest BCUT2D eigenvalue weighted by atomic mass is 19.4. The van der Waals surface area contributed by atoms with Crippen LogP contribution in [-0.2, 0) is 6.18 Å². The maximum atomic E-state index is 14.3. The molecule has 4 N–H and O–H groups in total. The molecule has 2 aromatic rings. The summed E-state index contributed by atoms with van der Waals surface area (Å²) in [6.45, 7) is 1.16. The number of rotatable bonds is 2. The summed E-state index contributed by atoms with van der Waals surface area (Å²) < 4.78 is 53.1. The van der Waals surface area contributed by atoms with Gasteiger partial charge in [0.1, 0.15) is 11.6 Å². The van der Waals surface area contributed by atoms with E-state index in [4.69, 9.17) is 11.5 Å². The topological polar surface area (TPSA) is 82.0 Å². The molecule has 1 heterocycles. The maximum absolute atomic E-state index is 14.3. The summed E-state index contributed by atoms with van der Waals surface area (Å²) in [7, 11) is 0. The molecule has 116 valence electrons. The number of halogens is 4. The van der Waals surface area contributed by atoms with Gasteiger partial charge in [-0.05, 0) is 18.6 Å². The lowest BCUT2D eigenvalue weighted by Crippen LogP contribution is -2.15. The van der Waals surface area contributed by atoms with E-state index >= 15 is 0 Å². The van der Waals surface area contributed by atoms with Crippen LogP contribution in [0.4, 0.5) is 23.4 Å². The van der Waals surface area contributed by atoms with E-state index in [1.165, 1.54) is 12.1 Å². The van der Waals surface area contributed by atoms with Crippen molar-refractivity contribution in [2.24, 2.45) is 5.73 Å². The standard InChI is InChI=1S/C14H11F4N3O/c1-6-9(14(16,17)18)5-21-12(19)10(6)7-3-2-4-8(11(7)15)13(20)22/h2-5H,1H3,(H2,19,21)(H2,20,22). The number of nitrogens with two attached hydrogens (primary N) is 2. The van der Waals surface area contributed by atoms with Crippen LogP contribution in [0.5, 0.6) is 0 Å². The number of carbonyl (C=O) groups is 1. The summed E-state index contributed by atoms with van der Waals surface area (Å²) >= 11 is 0. The smallest absolute Gasteiger partial charge is 0.383 e. The molecule has 0 saturated heterocycles. The lowest BCUT2D eigenvalue weighted by Gasteiger charge is -2.16. The second-order valence-corrected chi connectivity index (χ2v) is 4.59. The van der Waals surface area contributed by atoms with Crippen LogP contribution >= 0.6 is 0 Å². The first kappa shape index (κ1) is 15.7. The molecule has 2 rings (SSSR count). The van der Waals surface area contributed by atoms with Crippen molar-refractivity contribution in [1.82, 2.24) is 4.98 Å². The molecular weight excluding hydrogens is 302 g/mol. The van der Waals surface area contributed by atoms with E-state index in [2.05, 4.69) is 4.98 Å². The van der Waals surface area contributed by atoms with Crippen molar-refractivity contribution in [3.8, 4) is 11.1 Å². The molecule has 8 heteroatoms. The zero-order valence-electron chi connectivity index (χ0n) is 11.3. The summed E-state index contributed by atoms with van der Waals surface area (Å²) in [6.07, 6.45) is -4.07. The highest BCUT2D eigenvalue weighted by Crippen LogP contribution is 2.39. The van der Waals surface area contributed by atoms with Gasteiger partial charge in [-0.1, -0.05) is 12.1 Å². The van der Waals surface area contributed by atoms with Crippen molar-refractivity contribution in [2.45, 2.75) is 13.1 Å². The molecule has 0 fully saturated rings. The van der Waals surface area contributed by atoms with Crippen LogP contribution in [0.15, 0.2) is 24.4 Å². The molecule has 0 unspecified atom stereocenters. The molecule has 1 aromatic heterocycles. The molecule has 0 atom stereocenters. The fraction of sp³-hybridized carbons (Fsp3) is 0.143. The molecule has 0 spiro atoms. The van der Waals surface area contributed by atoms with Crippen LogP contribution in [0.1, 0.15) is 21.5 Å². The number of primary amides is 1. The number of aromatic nitrogens is 1. The zero-order valence-corrected chi connectivity index (χ0v) is 11.3. The van der Waals surface area contributed by atoms with E-state index in [-0.39, 0.29) is 22.5 Å². The summed E-state index contributed by atoms with van der Waals surface area (Å²) in [6, 6.07) is 3.65. The average Bonchev–Trinajstić information content (AvgIpc) is 2.38. The number of alkyl halides is 3. The molecular formula is C14H11F4N3O. The number of benzene rings is 1. The monoisotopic (exact) mass is 313 g/mol. The van der Waals surface area contributed by atoms with E-state index < -0.39 is 29.0 Å². The third kappa shape index (κ3) is 2.59. The number of hydrogen-bond acceptors (Lipinski definition) is 3. The summed E-state index contributed by atoms with van der Waals surface area (Å²) in [5.41, 5.74) is 8.42. The Morgan fingerprint density at radius 1 is 1.27 bits per heavy atom. The van der Waals surface area contributed by atoms with Gasteiger partial charge in [0.15, 0.2) is 0 Å². The van der Waals surface area contributed by atoms with Crippen LogP contribution in [0.25, 0.3) is 11.1 Å². The minimum absolute atomic E-state index is 0.213. The molecule has 4 nitrogen and oxygen atoms in total. The van der Waals surface area contributed by atoms with Gasteiger partial charge in [-0.25, -0.2) is 9.37 Å². The summed E-state index contributed by atoms with van der Waals surface area (Å²) in [5.74, 6) is -2.34. The average molecular weight is 313 g/mol. The van der Waals surface area contributed by atoms with Crippen molar-refractivity contribution in [3.05, 3.63) is 46.9 Å². The molecule has 0 aliphatic carbocycles. The first-order chi connectivity index (χ1) is 10.1. The molecule has 22 heavy (non-hydrogen) atoms. The van der Waals surface area contributed by atoms with Gasteiger partial charge in [-0.3, -0.25) is 4.79 Å². The number of carbonyl (C=O) groups excluding carboxylic acids is 1. The van der Waals surface area contributed by atoms with Crippen LogP contribution in [0, 0.1) is 12.7 Å². The zero-order chi connectivity index (χ0) is 16.7. The van der Waals surface area contributed by atoms with Crippen LogP contribution in [0.3, 0.4) is 0 Å². The number of nitrogen functional groups attached to an aromatic ring is 1. The first-order valence-corrected chi connectivity index (χ1v) is 6.05. The Labute approximate surface area is 122 Å². The van der Waals surface area contributed by atoms with Crippen LogP contribution < -0.4 is 11.5 Å². The molecule has 0 bridgehead atoms. The predicted octanol–water partition coefficient (Wildman–Crippen LogP) is 2.90. The number of anilines is 1. The van der Waals surface area contributed by atoms with Gasteiger partial charge in [0, 0.05) is 17.3 Å². The van der Waals surface area contributed by atoms with Crippen LogP contribution in [0.2, 0.25) is 0 Å². The first-order valence-electron chi connectivity index (χ1n) is 6.05. The Bertz CT molecular complexity index is 756. The minimum atomic E-state index is -4.66. The second-order valence-electron chi connectivity index (χ2n) is 4.59. The lowest BCUT2D eigenvalue weighted by atomic mass is 9.95.